The monoisotopic (exact) mass is 198 g/mol. The lowest BCUT2D eigenvalue weighted by molar-refractivity contribution is 0.925. The van der Waals surface area contributed by atoms with Crippen LogP contribution in [0.1, 0.15) is 5.56 Å². The van der Waals surface area contributed by atoms with Gasteiger partial charge in [0.2, 0.25) is 0 Å². The second-order valence-corrected chi connectivity index (χ2v) is 3.25. The van der Waals surface area contributed by atoms with Gasteiger partial charge in [-0.1, -0.05) is 18.2 Å². The average molecular weight is 198 g/mol. The van der Waals surface area contributed by atoms with Crippen molar-refractivity contribution >= 4 is 5.82 Å². The minimum Gasteiger partial charge on any atom is -0.383 e. The van der Waals surface area contributed by atoms with Gasteiger partial charge < -0.3 is 10.3 Å². The van der Waals surface area contributed by atoms with E-state index in [-0.39, 0.29) is 0 Å². The van der Waals surface area contributed by atoms with Gasteiger partial charge in [-0.25, -0.2) is 4.98 Å². The number of anilines is 1. The van der Waals surface area contributed by atoms with Crippen molar-refractivity contribution in [1.82, 2.24) is 9.55 Å². The van der Waals surface area contributed by atoms with Gasteiger partial charge in [0.1, 0.15) is 11.5 Å². The van der Waals surface area contributed by atoms with Crippen LogP contribution in [-0.4, -0.2) is 9.55 Å². The van der Waals surface area contributed by atoms with Crippen molar-refractivity contribution in [2.45, 2.75) is 0 Å². The highest BCUT2D eigenvalue weighted by atomic mass is 15.1. The lowest BCUT2D eigenvalue weighted by atomic mass is 10.1. The Bertz CT molecular complexity index is 534. The molecular weight excluding hydrogens is 188 g/mol. The third-order valence-corrected chi connectivity index (χ3v) is 2.29. The summed E-state index contributed by atoms with van der Waals surface area (Å²) in [5.41, 5.74) is 7.87. The molecule has 2 rings (SSSR count). The molecule has 0 aliphatic carbocycles. The van der Waals surface area contributed by atoms with Crippen LogP contribution in [0.2, 0.25) is 0 Å². The van der Waals surface area contributed by atoms with Crippen LogP contribution in [0.3, 0.4) is 0 Å². The zero-order chi connectivity index (χ0) is 10.8. The smallest absolute Gasteiger partial charge is 0.131 e. The minimum absolute atomic E-state index is 0.567. The first kappa shape index (κ1) is 9.28. The molecule has 0 radical (unpaired) electrons. The Kier molecular flexibility index (Phi) is 2.14. The molecule has 0 unspecified atom stereocenters. The number of hydrogen-bond acceptors (Lipinski definition) is 3. The molecule has 1 heterocycles. The molecule has 1 aromatic heterocycles. The molecule has 2 N–H and O–H groups in total. The molecule has 15 heavy (non-hydrogen) atoms. The molecule has 74 valence electrons. The maximum Gasteiger partial charge on any atom is 0.131 e. The average Bonchev–Trinajstić information content (AvgIpc) is 2.60. The largest absolute Gasteiger partial charge is 0.383 e. The standard InChI is InChI=1S/C11H10N4/c1-15-7-14-10(11(15)13)9-5-3-2-4-8(9)6-12/h2-5,7H,13H2,1H3. The van der Waals surface area contributed by atoms with Crippen LogP contribution in [0, 0.1) is 11.3 Å². The number of imidazole rings is 1. The van der Waals surface area contributed by atoms with E-state index in [1.165, 1.54) is 0 Å². The third kappa shape index (κ3) is 1.44. The van der Waals surface area contributed by atoms with E-state index in [1.807, 2.05) is 25.2 Å². The van der Waals surface area contributed by atoms with Crippen molar-refractivity contribution in [2.75, 3.05) is 5.73 Å². The maximum atomic E-state index is 8.95. The highest BCUT2D eigenvalue weighted by Crippen LogP contribution is 2.26. The van der Waals surface area contributed by atoms with Crippen molar-refractivity contribution in [3.63, 3.8) is 0 Å². The van der Waals surface area contributed by atoms with Gasteiger partial charge in [0.15, 0.2) is 0 Å². The molecular formula is C11H10N4. The van der Waals surface area contributed by atoms with Crippen LogP contribution in [0.4, 0.5) is 5.82 Å². The molecule has 4 nitrogen and oxygen atoms in total. The Hall–Kier alpha value is -2.28. The Balaban J connectivity index is 2.65. The predicted molar refractivity (Wildman–Crippen MR) is 57.8 cm³/mol. The fraction of sp³-hybridized carbons (Fsp3) is 0.0909. The first-order valence-electron chi connectivity index (χ1n) is 4.50. The predicted octanol–water partition coefficient (Wildman–Crippen LogP) is 1.54. The quantitative estimate of drug-likeness (QED) is 0.755. The molecule has 0 bridgehead atoms. The summed E-state index contributed by atoms with van der Waals surface area (Å²) in [5.74, 6) is 0.567. The fourth-order valence-corrected chi connectivity index (χ4v) is 1.43. The summed E-state index contributed by atoms with van der Waals surface area (Å²) in [6.45, 7) is 0. The Labute approximate surface area is 87.6 Å². The lowest BCUT2D eigenvalue weighted by Crippen LogP contribution is -1.96. The first-order valence-corrected chi connectivity index (χ1v) is 4.50. The van der Waals surface area contributed by atoms with Crippen LogP contribution in [0.25, 0.3) is 11.3 Å². The lowest BCUT2D eigenvalue weighted by Gasteiger charge is -2.01. The molecule has 0 saturated carbocycles. The van der Waals surface area contributed by atoms with Crippen molar-refractivity contribution in [3.8, 4) is 17.3 Å². The van der Waals surface area contributed by atoms with Crippen molar-refractivity contribution in [3.05, 3.63) is 36.2 Å². The molecule has 0 fully saturated rings. The van der Waals surface area contributed by atoms with E-state index < -0.39 is 0 Å². The van der Waals surface area contributed by atoms with Crippen molar-refractivity contribution < 1.29 is 0 Å². The van der Waals surface area contributed by atoms with E-state index in [2.05, 4.69) is 11.1 Å². The summed E-state index contributed by atoms with van der Waals surface area (Å²) in [6.07, 6.45) is 1.64. The maximum absolute atomic E-state index is 8.95. The second-order valence-electron chi connectivity index (χ2n) is 3.25. The zero-order valence-electron chi connectivity index (χ0n) is 8.31. The van der Waals surface area contributed by atoms with E-state index in [4.69, 9.17) is 11.0 Å². The SMILES string of the molecule is Cn1cnc(-c2ccccc2C#N)c1N. The number of hydrogen-bond donors (Lipinski definition) is 1. The Morgan fingerprint density at radius 1 is 1.40 bits per heavy atom. The topological polar surface area (TPSA) is 67.6 Å². The van der Waals surface area contributed by atoms with Gasteiger partial charge in [-0.2, -0.15) is 5.26 Å². The summed E-state index contributed by atoms with van der Waals surface area (Å²) < 4.78 is 1.73. The third-order valence-electron chi connectivity index (χ3n) is 2.29. The molecule has 0 atom stereocenters. The van der Waals surface area contributed by atoms with Crippen LogP contribution in [-0.2, 0) is 7.05 Å². The molecule has 0 aliphatic rings. The zero-order valence-corrected chi connectivity index (χ0v) is 8.31. The van der Waals surface area contributed by atoms with Gasteiger partial charge in [-0.05, 0) is 6.07 Å². The number of nitrogens with two attached hydrogens (primary N) is 1. The molecule has 2 aromatic rings. The molecule has 4 heteroatoms. The molecule has 0 aliphatic heterocycles. The van der Waals surface area contributed by atoms with Crippen molar-refractivity contribution in [2.24, 2.45) is 7.05 Å². The van der Waals surface area contributed by atoms with Gasteiger partial charge in [-0.15, -0.1) is 0 Å². The van der Waals surface area contributed by atoms with E-state index in [0.29, 0.717) is 17.1 Å². The van der Waals surface area contributed by atoms with Crippen LogP contribution < -0.4 is 5.73 Å². The van der Waals surface area contributed by atoms with Gasteiger partial charge in [-0.3, -0.25) is 0 Å². The number of aromatic nitrogens is 2. The normalized spacial score (nSPS) is 9.87. The van der Waals surface area contributed by atoms with E-state index in [0.717, 1.165) is 5.56 Å². The van der Waals surface area contributed by atoms with Crippen LogP contribution in [0.5, 0.6) is 0 Å². The summed E-state index contributed by atoms with van der Waals surface area (Å²) in [6, 6.07) is 9.41. The van der Waals surface area contributed by atoms with E-state index in [9.17, 15) is 0 Å². The van der Waals surface area contributed by atoms with Gasteiger partial charge in [0.05, 0.1) is 18.0 Å². The van der Waals surface area contributed by atoms with Crippen LogP contribution in [0.15, 0.2) is 30.6 Å². The summed E-state index contributed by atoms with van der Waals surface area (Å²) in [4.78, 5) is 4.18. The minimum atomic E-state index is 0.567. The van der Waals surface area contributed by atoms with E-state index in [1.54, 1.807) is 17.0 Å². The van der Waals surface area contributed by atoms with Crippen LogP contribution >= 0.6 is 0 Å². The number of rotatable bonds is 1. The second kappa shape index (κ2) is 3.46. The number of aryl methyl sites for hydroxylation is 1. The Morgan fingerprint density at radius 2 is 2.13 bits per heavy atom. The van der Waals surface area contributed by atoms with Gasteiger partial charge in [0, 0.05) is 12.6 Å². The molecule has 0 spiro atoms. The van der Waals surface area contributed by atoms with Gasteiger partial charge >= 0.3 is 0 Å². The summed E-state index contributed by atoms with van der Waals surface area (Å²) >= 11 is 0. The number of nitrogens with zero attached hydrogens (tertiary/aromatic N) is 3. The molecule has 1 aromatic carbocycles. The number of nitrogen functional groups attached to an aromatic ring is 1. The highest BCUT2D eigenvalue weighted by Gasteiger charge is 2.11. The van der Waals surface area contributed by atoms with E-state index >= 15 is 0 Å². The molecule has 0 amide bonds. The Morgan fingerprint density at radius 3 is 2.73 bits per heavy atom. The first-order chi connectivity index (χ1) is 7.24. The fourth-order valence-electron chi connectivity index (χ4n) is 1.43. The molecule has 0 saturated heterocycles. The summed E-state index contributed by atoms with van der Waals surface area (Å²) in [5, 5.41) is 8.95. The highest BCUT2D eigenvalue weighted by molar-refractivity contribution is 5.75. The number of benzene rings is 1. The van der Waals surface area contributed by atoms with Gasteiger partial charge in [0.25, 0.3) is 0 Å². The van der Waals surface area contributed by atoms with Crippen molar-refractivity contribution in [1.29, 1.82) is 5.26 Å². The number of nitriles is 1. The summed E-state index contributed by atoms with van der Waals surface area (Å²) in [7, 11) is 1.82.